The Kier molecular flexibility index (Phi) is 7.54. The number of fused-ring (bicyclic) bond motifs is 2. The summed E-state index contributed by atoms with van der Waals surface area (Å²) in [5, 5.41) is 14.5. The third-order valence-electron chi connectivity index (χ3n) is 8.43. The van der Waals surface area contributed by atoms with E-state index in [9.17, 15) is 23.9 Å². The van der Waals surface area contributed by atoms with Crippen LogP contribution >= 0.6 is 11.8 Å². The van der Waals surface area contributed by atoms with Gasteiger partial charge in [0.05, 0.1) is 17.1 Å². The minimum atomic E-state index is -0.616. The predicted octanol–water partition coefficient (Wildman–Crippen LogP) is 4.50. The first-order valence-electron chi connectivity index (χ1n) is 14.2. The van der Waals surface area contributed by atoms with Crippen LogP contribution in [-0.2, 0) is 6.42 Å². The van der Waals surface area contributed by atoms with Crippen molar-refractivity contribution >= 4 is 39.6 Å². The van der Waals surface area contributed by atoms with Gasteiger partial charge in [-0.3, -0.25) is 23.7 Å². The van der Waals surface area contributed by atoms with Gasteiger partial charge in [0, 0.05) is 29.7 Å². The number of carbonyl (C=O) groups excluding carboxylic acids is 1. The quantitative estimate of drug-likeness (QED) is 0.359. The van der Waals surface area contributed by atoms with Crippen LogP contribution in [0.1, 0.15) is 73.5 Å². The molecule has 9 nitrogen and oxygen atoms in total. The van der Waals surface area contributed by atoms with Crippen LogP contribution in [0.2, 0.25) is 0 Å². The van der Waals surface area contributed by atoms with Crippen molar-refractivity contribution in [2.24, 2.45) is 0 Å². The molecule has 0 radical (unpaired) electrons. The smallest absolute Gasteiger partial charge is 0.333 e. The summed E-state index contributed by atoms with van der Waals surface area (Å²) >= 11 is 1.83. The molecule has 214 valence electrons. The minimum absolute atomic E-state index is 0.0941. The molecule has 41 heavy (non-hydrogen) atoms. The molecule has 1 saturated carbocycles. The Hall–Kier alpha value is -3.73. The number of carbonyl (C=O) groups is 1. The average molecular weight is 578 g/mol. The first-order chi connectivity index (χ1) is 19.9. The van der Waals surface area contributed by atoms with Gasteiger partial charge >= 0.3 is 5.69 Å². The average Bonchev–Trinajstić information content (AvgIpc) is 2.99. The molecule has 0 unspecified atom stereocenters. The molecule has 2 N–H and O–H groups in total. The van der Waals surface area contributed by atoms with Crippen molar-refractivity contribution in [2.75, 3.05) is 11.5 Å². The number of benzene rings is 1. The fourth-order valence-electron chi connectivity index (χ4n) is 6.15. The summed E-state index contributed by atoms with van der Waals surface area (Å²) in [5.41, 5.74) is 1.08. The molecular formula is C30H32FN5O4S. The van der Waals surface area contributed by atoms with Gasteiger partial charge < -0.3 is 10.4 Å². The molecule has 0 bridgehead atoms. The largest absolute Gasteiger partial charge is 0.506 e. The van der Waals surface area contributed by atoms with Gasteiger partial charge in [-0.2, -0.15) is 11.8 Å². The van der Waals surface area contributed by atoms with Crippen LogP contribution in [-0.4, -0.2) is 47.7 Å². The molecule has 4 aromatic rings. The highest BCUT2D eigenvalue weighted by Crippen LogP contribution is 2.32. The van der Waals surface area contributed by atoms with E-state index < -0.39 is 23.0 Å². The zero-order valence-corrected chi connectivity index (χ0v) is 23.6. The predicted molar refractivity (Wildman–Crippen MR) is 157 cm³/mol. The van der Waals surface area contributed by atoms with E-state index in [0.717, 1.165) is 42.5 Å². The second-order valence-electron chi connectivity index (χ2n) is 10.9. The normalized spacial score (nSPS) is 20.0. The topological polar surface area (TPSA) is 119 Å². The first kappa shape index (κ1) is 27.4. The van der Waals surface area contributed by atoms with Gasteiger partial charge in [-0.15, -0.1) is 0 Å². The first-order valence-corrected chi connectivity index (χ1v) is 15.3. The Morgan fingerprint density at radius 1 is 1.00 bits per heavy atom. The lowest BCUT2D eigenvalue weighted by Crippen LogP contribution is -2.46. The molecule has 1 aliphatic carbocycles. The van der Waals surface area contributed by atoms with Crippen molar-refractivity contribution in [2.45, 2.75) is 70.0 Å². The van der Waals surface area contributed by atoms with Crippen LogP contribution in [0, 0.1) is 5.82 Å². The summed E-state index contributed by atoms with van der Waals surface area (Å²) in [4.78, 5) is 49.0. The lowest BCUT2D eigenvalue weighted by atomic mass is 9.90. The van der Waals surface area contributed by atoms with Gasteiger partial charge in [-0.25, -0.2) is 14.2 Å². The number of rotatable bonds is 5. The van der Waals surface area contributed by atoms with Crippen LogP contribution in [0.15, 0.2) is 46.2 Å². The Morgan fingerprint density at radius 2 is 1.73 bits per heavy atom. The molecule has 2 fully saturated rings. The van der Waals surface area contributed by atoms with E-state index in [4.69, 9.17) is 0 Å². The van der Waals surface area contributed by atoms with Crippen LogP contribution in [0.5, 0.6) is 5.75 Å². The maximum atomic E-state index is 14.2. The van der Waals surface area contributed by atoms with E-state index in [1.807, 2.05) is 36.9 Å². The van der Waals surface area contributed by atoms with Crippen LogP contribution < -0.4 is 16.6 Å². The molecule has 0 spiro atoms. The lowest BCUT2D eigenvalue weighted by molar-refractivity contribution is 0.0919. The van der Waals surface area contributed by atoms with Gasteiger partial charge in [-0.05, 0) is 80.2 Å². The number of halogens is 1. The number of amides is 1. The molecule has 2 aliphatic rings. The number of aromatic nitrogens is 4. The van der Waals surface area contributed by atoms with E-state index >= 15 is 0 Å². The van der Waals surface area contributed by atoms with Crippen molar-refractivity contribution in [3.8, 4) is 5.75 Å². The molecule has 11 heteroatoms. The molecule has 6 rings (SSSR count). The minimum Gasteiger partial charge on any atom is -0.506 e. The molecule has 1 amide bonds. The standard InChI is InChI=1S/C30H32FN5O4S/c1-2-17-3-8-25-22(13-17)26(37)24(16-32-25)28(38)34-19-4-6-20(7-5-19)36-29(39)23-14-18(31)15-33-27(23)35(30(36)40)21-9-11-41-12-10-21/h3,8,13-16,19-21H,2,4-7,9-12H2,1H3,(H,32,37)(H,34,38). The molecule has 1 aromatic carbocycles. The summed E-state index contributed by atoms with van der Waals surface area (Å²) < 4.78 is 17.1. The van der Waals surface area contributed by atoms with Gasteiger partial charge in [0.25, 0.3) is 11.5 Å². The third kappa shape index (κ3) is 5.11. The lowest BCUT2D eigenvalue weighted by Gasteiger charge is -2.31. The number of hydrogen-bond acceptors (Lipinski definition) is 7. The van der Waals surface area contributed by atoms with Crippen molar-refractivity contribution in [3.63, 3.8) is 0 Å². The Morgan fingerprint density at radius 3 is 2.46 bits per heavy atom. The van der Waals surface area contributed by atoms with Crippen molar-refractivity contribution in [3.05, 3.63) is 74.4 Å². The number of nitrogens with one attached hydrogen (secondary N) is 1. The fourth-order valence-corrected chi connectivity index (χ4v) is 7.23. The second-order valence-corrected chi connectivity index (χ2v) is 12.1. The summed E-state index contributed by atoms with van der Waals surface area (Å²) in [6.45, 7) is 2.02. The zero-order valence-electron chi connectivity index (χ0n) is 22.8. The number of aromatic hydroxyl groups is 1. The molecule has 1 aliphatic heterocycles. The number of hydrogen-bond donors (Lipinski definition) is 2. The van der Waals surface area contributed by atoms with E-state index in [2.05, 4.69) is 15.3 Å². The molecule has 0 atom stereocenters. The number of pyridine rings is 2. The van der Waals surface area contributed by atoms with E-state index in [1.54, 1.807) is 4.57 Å². The van der Waals surface area contributed by atoms with Crippen LogP contribution in [0.4, 0.5) is 4.39 Å². The van der Waals surface area contributed by atoms with E-state index in [0.29, 0.717) is 36.6 Å². The van der Waals surface area contributed by atoms with Gasteiger partial charge in [0.2, 0.25) is 0 Å². The number of thioether (sulfide) groups is 1. The van der Waals surface area contributed by atoms with E-state index in [-0.39, 0.29) is 40.5 Å². The number of aryl methyl sites for hydroxylation is 1. The van der Waals surface area contributed by atoms with Gasteiger partial charge in [0.1, 0.15) is 22.8 Å². The summed E-state index contributed by atoms with van der Waals surface area (Å²) in [6.07, 6.45) is 6.89. The highest BCUT2D eigenvalue weighted by molar-refractivity contribution is 7.99. The van der Waals surface area contributed by atoms with Crippen LogP contribution in [0.25, 0.3) is 21.9 Å². The summed E-state index contributed by atoms with van der Waals surface area (Å²) in [5.74, 6) is 0.692. The molecule has 1 saturated heterocycles. The summed E-state index contributed by atoms with van der Waals surface area (Å²) in [6, 6.07) is 6.14. The highest BCUT2D eigenvalue weighted by Gasteiger charge is 2.30. The molecule has 4 heterocycles. The molecular weight excluding hydrogens is 545 g/mol. The van der Waals surface area contributed by atoms with Gasteiger partial charge in [-0.1, -0.05) is 13.0 Å². The third-order valence-corrected chi connectivity index (χ3v) is 9.48. The van der Waals surface area contributed by atoms with Crippen molar-refractivity contribution in [1.29, 1.82) is 0 Å². The zero-order chi connectivity index (χ0) is 28.7. The van der Waals surface area contributed by atoms with Gasteiger partial charge in [0.15, 0.2) is 0 Å². The van der Waals surface area contributed by atoms with Crippen LogP contribution in [0.3, 0.4) is 0 Å². The van der Waals surface area contributed by atoms with Crippen molar-refractivity contribution < 1.29 is 14.3 Å². The van der Waals surface area contributed by atoms with Crippen molar-refractivity contribution in [1.82, 2.24) is 24.4 Å². The summed E-state index contributed by atoms with van der Waals surface area (Å²) in [7, 11) is 0. The number of nitrogens with zero attached hydrogens (tertiary/aromatic N) is 4. The van der Waals surface area contributed by atoms with E-state index in [1.165, 1.54) is 16.8 Å². The SMILES string of the molecule is CCc1ccc2ncc(C(=O)NC3CCC(n4c(=O)c5cc(F)cnc5n(C5CCSCC5)c4=O)CC3)c(O)c2c1. The Bertz CT molecular complexity index is 1760. The second kappa shape index (κ2) is 11.3. The molecule has 3 aromatic heterocycles. The maximum absolute atomic E-state index is 14.2. The maximum Gasteiger partial charge on any atom is 0.333 e. The highest BCUT2D eigenvalue weighted by atomic mass is 32.2. The monoisotopic (exact) mass is 577 g/mol. The Labute approximate surface area is 239 Å². The Balaban J connectivity index is 1.24. The fraction of sp³-hybridized carbons (Fsp3) is 0.433.